The van der Waals surface area contributed by atoms with Crippen molar-refractivity contribution >= 4 is 5.91 Å². The maximum Gasteiger partial charge on any atom is 0.223 e. The first-order chi connectivity index (χ1) is 10.6. The summed E-state index contributed by atoms with van der Waals surface area (Å²) in [5, 5.41) is 0. The van der Waals surface area contributed by atoms with Gasteiger partial charge in [-0.1, -0.05) is 33.6 Å². The maximum atomic E-state index is 12.6. The van der Waals surface area contributed by atoms with E-state index >= 15 is 0 Å². The van der Waals surface area contributed by atoms with Crippen LogP contribution in [0.25, 0.3) is 0 Å². The predicted molar refractivity (Wildman–Crippen MR) is 87.5 cm³/mol. The molecule has 1 aromatic heterocycles. The molecule has 3 heteroatoms. The molecule has 2 fully saturated rings. The van der Waals surface area contributed by atoms with Crippen molar-refractivity contribution in [3.8, 4) is 0 Å². The SMILES string of the molecule is CCCC(C)CC(=O)N(Cc1ccc(C2CC2C)o1)C1CC1. The average Bonchev–Trinajstić information content (AvgIpc) is 3.38. The Morgan fingerprint density at radius 3 is 2.73 bits per heavy atom. The zero-order valence-corrected chi connectivity index (χ0v) is 14.2. The fraction of sp³-hybridized carbons (Fsp3) is 0.737. The number of nitrogens with zero attached hydrogens (tertiary/aromatic N) is 1. The monoisotopic (exact) mass is 303 g/mol. The Bertz CT molecular complexity index is 517. The molecule has 0 saturated heterocycles. The Balaban J connectivity index is 1.59. The number of hydrogen-bond donors (Lipinski definition) is 0. The number of carbonyl (C=O) groups is 1. The van der Waals surface area contributed by atoms with Gasteiger partial charge in [-0.25, -0.2) is 0 Å². The van der Waals surface area contributed by atoms with Gasteiger partial charge in [0.05, 0.1) is 6.54 Å². The Labute approximate surface area is 134 Å². The van der Waals surface area contributed by atoms with Crippen LogP contribution in [0.3, 0.4) is 0 Å². The van der Waals surface area contributed by atoms with Crippen LogP contribution in [0.15, 0.2) is 16.5 Å². The van der Waals surface area contributed by atoms with Crippen molar-refractivity contribution < 1.29 is 9.21 Å². The van der Waals surface area contributed by atoms with Gasteiger partial charge in [0.1, 0.15) is 11.5 Å². The summed E-state index contributed by atoms with van der Waals surface area (Å²) < 4.78 is 6.00. The molecule has 3 rings (SSSR count). The molecule has 0 aliphatic heterocycles. The number of hydrogen-bond acceptors (Lipinski definition) is 2. The zero-order chi connectivity index (χ0) is 15.7. The van der Waals surface area contributed by atoms with Crippen molar-refractivity contribution in [1.29, 1.82) is 0 Å². The lowest BCUT2D eigenvalue weighted by Crippen LogP contribution is -2.33. The summed E-state index contributed by atoms with van der Waals surface area (Å²) in [4.78, 5) is 14.7. The minimum absolute atomic E-state index is 0.307. The van der Waals surface area contributed by atoms with E-state index in [2.05, 4.69) is 37.8 Å². The smallest absolute Gasteiger partial charge is 0.223 e. The third kappa shape index (κ3) is 3.74. The van der Waals surface area contributed by atoms with Gasteiger partial charge >= 0.3 is 0 Å². The van der Waals surface area contributed by atoms with Crippen LogP contribution in [-0.2, 0) is 11.3 Å². The highest BCUT2D eigenvalue weighted by Gasteiger charge is 2.37. The van der Waals surface area contributed by atoms with E-state index in [9.17, 15) is 4.79 Å². The minimum atomic E-state index is 0.307. The lowest BCUT2D eigenvalue weighted by Gasteiger charge is -2.23. The first kappa shape index (κ1) is 15.6. The number of furan rings is 1. The van der Waals surface area contributed by atoms with E-state index in [4.69, 9.17) is 4.42 Å². The summed E-state index contributed by atoms with van der Waals surface area (Å²) in [7, 11) is 0. The number of carbonyl (C=O) groups excluding carboxylic acids is 1. The Kier molecular flexibility index (Phi) is 4.60. The van der Waals surface area contributed by atoms with Crippen molar-refractivity contribution in [2.75, 3.05) is 0 Å². The van der Waals surface area contributed by atoms with Crippen LogP contribution in [0.1, 0.15) is 76.7 Å². The second-order valence-corrected chi connectivity index (χ2v) is 7.47. The van der Waals surface area contributed by atoms with Gasteiger partial charge in [-0.2, -0.15) is 0 Å². The second kappa shape index (κ2) is 6.47. The molecule has 0 radical (unpaired) electrons. The molecule has 122 valence electrons. The molecule has 0 spiro atoms. The van der Waals surface area contributed by atoms with Gasteiger partial charge in [0, 0.05) is 18.4 Å². The van der Waals surface area contributed by atoms with Crippen LogP contribution in [-0.4, -0.2) is 16.8 Å². The number of amides is 1. The van der Waals surface area contributed by atoms with Gasteiger partial charge in [0.2, 0.25) is 5.91 Å². The standard InChI is InChI=1S/C19H29NO2/c1-4-5-13(2)10-19(21)20(15-6-7-15)12-16-8-9-18(22-16)17-11-14(17)3/h8-9,13-15,17H,4-7,10-12H2,1-3H3. The summed E-state index contributed by atoms with van der Waals surface area (Å²) >= 11 is 0. The maximum absolute atomic E-state index is 12.6. The van der Waals surface area contributed by atoms with E-state index in [-0.39, 0.29) is 0 Å². The molecule has 2 aliphatic rings. The third-order valence-corrected chi connectivity index (χ3v) is 5.10. The van der Waals surface area contributed by atoms with Gasteiger partial charge < -0.3 is 9.32 Å². The molecule has 0 bridgehead atoms. The molecule has 1 amide bonds. The van der Waals surface area contributed by atoms with Crippen LogP contribution < -0.4 is 0 Å². The van der Waals surface area contributed by atoms with Gasteiger partial charge in [0.15, 0.2) is 0 Å². The fourth-order valence-corrected chi connectivity index (χ4v) is 3.38. The van der Waals surface area contributed by atoms with Gasteiger partial charge in [-0.15, -0.1) is 0 Å². The highest BCUT2D eigenvalue weighted by Crippen LogP contribution is 2.47. The average molecular weight is 303 g/mol. The van der Waals surface area contributed by atoms with Gasteiger partial charge in [-0.3, -0.25) is 4.79 Å². The molecule has 22 heavy (non-hydrogen) atoms. The van der Waals surface area contributed by atoms with Crippen LogP contribution in [0.2, 0.25) is 0 Å². The summed E-state index contributed by atoms with van der Waals surface area (Å²) in [6, 6.07) is 4.63. The molecule has 0 aromatic carbocycles. The Morgan fingerprint density at radius 1 is 1.41 bits per heavy atom. The quantitative estimate of drug-likeness (QED) is 0.696. The first-order valence-corrected chi connectivity index (χ1v) is 8.96. The molecule has 3 nitrogen and oxygen atoms in total. The molecule has 1 heterocycles. The molecule has 2 saturated carbocycles. The fourth-order valence-electron chi connectivity index (χ4n) is 3.38. The molecule has 1 aromatic rings. The molecular weight excluding hydrogens is 274 g/mol. The van der Waals surface area contributed by atoms with Crippen LogP contribution >= 0.6 is 0 Å². The third-order valence-electron chi connectivity index (χ3n) is 5.10. The number of rotatable bonds is 8. The first-order valence-electron chi connectivity index (χ1n) is 8.96. The van der Waals surface area contributed by atoms with Crippen molar-refractivity contribution in [1.82, 2.24) is 4.90 Å². The summed E-state index contributed by atoms with van der Waals surface area (Å²) in [5.74, 6) is 4.24. The molecule has 3 unspecified atom stereocenters. The van der Waals surface area contributed by atoms with Crippen molar-refractivity contribution in [3.05, 3.63) is 23.7 Å². The van der Waals surface area contributed by atoms with E-state index in [1.54, 1.807) is 0 Å². The van der Waals surface area contributed by atoms with Gasteiger partial charge in [-0.05, 0) is 43.2 Å². The van der Waals surface area contributed by atoms with E-state index < -0.39 is 0 Å². The van der Waals surface area contributed by atoms with Crippen LogP contribution in [0, 0.1) is 11.8 Å². The topological polar surface area (TPSA) is 33.5 Å². The summed E-state index contributed by atoms with van der Waals surface area (Å²) in [6.45, 7) is 7.29. The van der Waals surface area contributed by atoms with Gasteiger partial charge in [0.25, 0.3) is 0 Å². The molecule has 2 aliphatic carbocycles. The molecule has 3 atom stereocenters. The largest absolute Gasteiger partial charge is 0.464 e. The zero-order valence-electron chi connectivity index (χ0n) is 14.2. The minimum Gasteiger partial charge on any atom is -0.464 e. The van der Waals surface area contributed by atoms with Crippen LogP contribution in [0.4, 0.5) is 0 Å². The second-order valence-electron chi connectivity index (χ2n) is 7.47. The summed E-state index contributed by atoms with van der Waals surface area (Å²) in [6.07, 6.45) is 6.51. The highest BCUT2D eigenvalue weighted by molar-refractivity contribution is 5.77. The molecule has 0 N–H and O–H groups in total. The lowest BCUT2D eigenvalue weighted by molar-refractivity contribution is -0.133. The van der Waals surface area contributed by atoms with Crippen molar-refractivity contribution in [2.24, 2.45) is 11.8 Å². The van der Waals surface area contributed by atoms with Crippen molar-refractivity contribution in [3.63, 3.8) is 0 Å². The summed E-state index contributed by atoms with van der Waals surface area (Å²) in [5.41, 5.74) is 0. The van der Waals surface area contributed by atoms with E-state index in [0.717, 1.165) is 43.1 Å². The van der Waals surface area contributed by atoms with Crippen LogP contribution in [0.5, 0.6) is 0 Å². The highest BCUT2D eigenvalue weighted by atomic mass is 16.3. The molecular formula is C19H29NO2. The normalized spacial score (nSPS) is 25.0. The van der Waals surface area contributed by atoms with Crippen molar-refractivity contribution in [2.45, 2.75) is 77.8 Å². The van der Waals surface area contributed by atoms with E-state index in [1.807, 2.05) is 0 Å². The lowest BCUT2D eigenvalue weighted by atomic mass is 10.0. The van der Waals surface area contributed by atoms with E-state index in [1.165, 1.54) is 6.42 Å². The Hall–Kier alpha value is -1.25. The Morgan fingerprint density at radius 2 is 2.14 bits per heavy atom. The van der Waals surface area contributed by atoms with E-state index in [0.29, 0.717) is 36.8 Å². The predicted octanol–water partition coefficient (Wildman–Crippen LogP) is 4.72.